The van der Waals surface area contributed by atoms with Gasteiger partial charge in [0.2, 0.25) is 15.9 Å². The molecule has 0 aromatic heterocycles. The summed E-state index contributed by atoms with van der Waals surface area (Å²) in [6.07, 6.45) is 0.00480. The molecule has 0 aliphatic rings. The molecule has 0 fully saturated rings. The van der Waals surface area contributed by atoms with E-state index < -0.39 is 10.0 Å². The molecule has 0 aliphatic carbocycles. The molecule has 8 heteroatoms. The van der Waals surface area contributed by atoms with Crippen molar-refractivity contribution in [3.05, 3.63) is 89.4 Å². The van der Waals surface area contributed by atoms with Gasteiger partial charge in [0.25, 0.3) is 0 Å². The maximum atomic E-state index is 12.2. The van der Waals surface area contributed by atoms with Gasteiger partial charge in [0.1, 0.15) is 0 Å². The first-order valence-electron chi connectivity index (χ1n) is 9.80. The van der Waals surface area contributed by atoms with Crippen LogP contribution in [0.15, 0.2) is 83.8 Å². The number of hydrogen-bond acceptors (Lipinski definition) is 4. The molecule has 3 aromatic carbocycles. The second kappa shape index (κ2) is 10.4. The highest BCUT2D eigenvalue weighted by Crippen LogP contribution is 2.21. The lowest BCUT2D eigenvalue weighted by Gasteiger charge is -2.16. The van der Waals surface area contributed by atoms with Crippen LogP contribution in [0.25, 0.3) is 0 Å². The fraction of sp³-hybridized carbons (Fsp3) is 0.174. The average Bonchev–Trinajstić information content (AvgIpc) is 2.75. The Morgan fingerprint density at radius 2 is 1.61 bits per heavy atom. The molecule has 0 aliphatic heterocycles. The minimum atomic E-state index is -3.71. The highest BCUT2D eigenvalue weighted by molar-refractivity contribution is 7.89. The maximum Gasteiger partial charge on any atom is 0.240 e. The number of anilines is 2. The fourth-order valence-electron chi connectivity index (χ4n) is 2.96. The molecule has 3 rings (SSSR count). The van der Waals surface area contributed by atoms with Crippen LogP contribution in [0.5, 0.6) is 0 Å². The molecular formula is C23H24ClN3O3S. The van der Waals surface area contributed by atoms with E-state index in [9.17, 15) is 13.2 Å². The Morgan fingerprint density at radius 1 is 0.935 bits per heavy atom. The van der Waals surface area contributed by atoms with Crippen LogP contribution in [0.3, 0.4) is 0 Å². The number of rotatable bonds is 9. The monoisotopic (exact) mass is 457 g/mol. The van der Waals surface area contributed by atoms with Gasteiger partial charge in [-0.1, -0.05) is 48.0 Å². The Bertz CT molecular complexity index is 1120. The first-order valence-corrected chi connectivity index (χ1v) is 11.7. The minimum absolute atomic E-state index is 0.00480. The zero-order valence-corrected chi connectivity index (χ0v) is 18.6. The van der Waals surface area contributed by atoms with E-state index >= 15 is 0 Å². The Balaban J connectivity index is 1.47. The van der Waals surface area contributed by atoms with Crippen LogP contribution in [-0.2, 0) is 14.8 Å². The number of sulfonamides is 1. The van der Waals surface area contributed by atoms with Crippen molar-refractivity contribution in [1.82, 2.24) is 4.72 Å². The first-order chi connectivity index (χ1) is 14.8. The van der Waals surface area contributed by atoms with Gasteiger partial charge in [0.05, 0.1) is 4.90 Å². The Hall–Kier alpha value is -2.87. The van der Waals surface area contributed by atoms with Crippen molar-refractivity contribution in [1.29, 1.82) is 0 Å². The largest absolute Gasteiger partial charge is 0.379 e. The summed E-state index contributed by atoms with van der Waals surface area (Å²) < 4.78 is 26.9. The van der Waals surface area contributed by atoms with Crippen molar-refractivity contribution in [2.24, 2.45) is 0 Å². The average molecular weight is 458 g/mol. The number of amides is 1. The Kier molecular flexibility index (Phi) is 7.68. The van der Waals surface area contributed by atoms with Gasteiger partial charge < -0.3 is 10.6 Å². The fourth-order valence-corrected chi connectivity index (χ4v) is 4.30. The number of benzene rings is 3. The van der Waals surface area contributed by atoms with Crippen LogP contribution in [-0.4, -0.2) is 20.9 Å². The Labute approximate surface area is 187 Å². The van der Waals surface area contributed by atoms with Gasteiger partial charge >= 0.3 is 0 Å². The maximum absolute atomic E-state index is 12.2. The van der Waals surface area contributed by atoms with E-state index in [4.69, 9.17) is 11.6 Å². The number of nitrogens with one attached hydrogen (secondary N) is 3. The molecule has 6 nitrogen and oxygen atoms in total. The molecule has 0 bridgehead atoms. The molecule has 0 saturated heterocycles. The van der Waals surface area contributed by atoms with Crippen molar-refractivity contribution in [2.45, 2.75) is 24.3 Å². The normalized spacial score (nSPS) is 12.2. The quantitative estimate of drug-likeness (QED) is 0.430. The molecular weight excluding hydrogens is 434 g/mol. The Morgan fingerprint density at radius 3 is 2.29 bits per heavy atom. The smallest absolute Gasteiger partial charge is 0.240 e. The SMILES string of the molecule is CC(Nc1ccc(NC(=O)CCNS(=O)(=O)c2cccc(Cl)c2)cc1)c1ccccc1. The zero-order chi connectivity index (χ0) is 22.3. The van der Waals surface area contributed by atoms with Crippen LogP contribution in [0.1, 0.15) is 24.9 Å². The van der Waals surface area contributed by atoms with Gasteiger partial charge in [0.15, 0.2) is 0 Å². The van der Waals surface area contributed by atoms with E-state index in [0.717, 1.165) is 5.69 Å². The summed E-state index contributed by atoms with van der Waals surface area (Å²) in [6.45, 7) is 2.06. The van der Waals surface area contributed by atoms with Crippen LogP contribution < -0.4 is 15.4 Å². The third-order valence-electron chi connectivity index (χ3n) is 4.60. The van der Waals surface area contributed by atoms with Gasteiger partial charge in [-0.15, -0.1) is 0 Å². The molecule has 1 amide bonds. The van der Waals surface area contributed by atoms with Gasteiger partial charge in [-0.25, -0.2) is 13.1 Å². The highest BCUT2D eigenvalue weighted by atomic mass is 35.5. The van der Waals surface area contributed by atoms with Gasteiger partial charge in [-0.05, 0) is 55.0 Å². The molecule has 3 N–H and O–H groups in total. The number of carbonyl (C=O) groups is 1. The van der Waals surface area contributed by atoms with Crippen molar-refractivity contribution in [3.63, 3.8) is 0 Å². The van der Waals surface area contributed by atoms with Gasteiger partial charge in [0, 0.05) is 35.4 Å². The van der Waals surface area contributed by atoms with E-state index in [1.165, 1.54) is 17.7 Å². The van der Waals surface area contributed by atoms with Crippen LogP contribution in [0.2, 0.25) is 5.02 Å². The molecule has 31 heavy (non-hydrogen) atoms. The molecule has 0 radical (unpaired) electrons. The molecule has 0 spiro atoms. The third-order valence-corrected chi connectivity index (χ3v) is 6.30. The molecule has 162 valence electrons. The summed E-state index contributed by atoms with van der Waals surface area (Å²) in [4.78, 5) is 12.2. The number of carbonyl (C=O) groups excluding carboxylic acids is 1. The lowest BCUT2D eigenvalue weighted by Crippen LogP contribution is -2.27. The standard InChI is InChI=1S/C23H24ClN3O3S/c1-17(18-6-3-2-4-7-18)26-20-10-12-21(13-11-20)27-23(28)14-15-25-31(29,30)22-9-5-8-19(24)16-22/h2-13,16-17,25-26H,14-15H2,1H3,(H,27,28). The summed E-state index contributed by atoms with van der Waals surface area (Å²) in [5, 5.41) is 6.51. The van der Waals surface area contributed by atoms with E-state index in [1.54, 1.807) is 24.3 Å². The van der Waals surface area contributed by atoms with E-state index in [2.05, 4.69) is 34.4 Å². The molecule has 0 heterocycles. The summed E-state index contributed by atoms with van der Waals surface area (Å²) >= 11 is 5.83. The molecule has 1 unspecified atom stereocenters. The predicted octanol–water partition coefficient (Wildman–Crippen LogP) is 4.82. The second-order valence-electron chi connectivity index (χ2n) is 7.01. The number of halogens is 1. The second-order valence-corrected chi connectivity index (χ2v) is 9.21. The summed E-state index contributed by atoms with van der Waals surface area (Å²) in [5.74, 6) is -0.285. The van der Waals surface area contributed by atoms with E-state index in [1.807, 2.05) is 30.3 Å². The summed E-state index contributed by atoms with van der Waals surface area (Å²) in [7, 11) is -3.71. The summed E-state index contributed by atoms with van der Waals surface area (Å²) in [6, 6.07) is 23.6. The van der Waals surface area contributed by atoms with Crippen molar-refractivity contribution in [2.75, 3.05) is 17.2 Å². The van der Waals surface area contributed by atoms with Crippen molar-refractivity contribution >= 4 is 38.9 Å². The van der Waals surface area contributed by atoms with Gasteiger partial charge in [-0.2, -0.15) is 0 Å². The van der Waals surface area contributed by atoms with E-state index in [-0.39, 0.29) is 29.8 Å². The van der Waals surface area contributed by atoms with Crippen molar-refractivity contribution in [3.8, 4) is 0 Å². The molecule has 3 aromatic rings. The van der Waals surface area contributed by atoms with E-state index in [0.29, 0.717) is 10.7 Å². The third kappa shape index (κ3) is 6.82. The summed E-state index contributed by atoms with van der Waals surface area (Å²) in [5.41, 5.74) is 2.75. The lowest BCUT2D eigenvalue weighted by atomic mass is 10.1. The highest BCUT2D eigenvalue weighted by Gasteiger charge is 2.14. The predicted molar refractivity (Wildman–Crippen MR) is 125 cm³/mol. The first kappa shape index (κ1) is 22.8. The molecule has 1 atom stereocenters. The minimum Gasteiger partial charge on any atom is -0.379 e. The van der Waals surface area contributed by atoms with Crippen LogP contribution in [0.4, 0.5) is 11.4 Å². The topological polar surface area (TPSA) is 87.3 Å². The molecule has 0 saturated carbocycles. The van der Waals surface area contributed by atoms with Crippen LogP contribution in [0, 0.1) is 0 Å². The zero-order valence-electron chi connectivity index (χ0n) is 17.0. The van der Waals surface area contributed by atoms with Crippen LogP contribution >= 0.6 is 11.6 Å². The van der Waals surface area contributed by atoms with Crippen molar-refractivity contribution < 1.29 is 13.2 Å². The lowest BCUT2D eigenvalue weighted by molar-refractivity contribution is -0.116. The number of hydrogen-bond donors (Lipinski definition) is 3. The van der Waals surface area contributed by atoms with Gasteiger partial charge in [-0.3, -0.25) is 4.79 Å².